The molecular weight excluding hydrogens is 493 g/mol. The van der Waals surface area contributed by atoms with Crippen molar-refractivity contribution in [1.82, 2.24) is 9.38 Å². The molecule has 0 saturated carbocycles. The Morgan fingerprint density at radius 1 is 1.00 bits per heavy atom. The normalized spacial score (nSPS) is 12.1. The maximum Gasteiger partial charge on any atom is 0.343 e. The minimum absolute atomic E-state index is 0.144. The molecule has 2 aromatic carbocycles. The van der Waals surface area contributed by atoms with E-state index in [1.165, 1.54) is 12.1 Å². The van der Waals surface area contributed by atoms with E-state index in [-0.39, 0.29) is 16.5 Å². The van der Waals surface area contributed by atoms with Gasteiger partial charge in [-0.3, -0.25) is 4.40 Å². The predicted molar refractivity (Wildman–Crippen MR) is 149 cm³/mol. The first kappa shape index (κ1) is 26.1. The Morgan fingerprint density at radius 2 is 1.69 bits per heavy atom. The number of esters is 1. The minimum atomic E-state index is -0.535. The van der Waals surface area contributed by atoms with Crippen LogP contribution in [0, 0.1) is 12.3 Å². The number of aryl methyl sites for hydroxylation is 1. The first-order valence-corrected chi connectivity index (χ1v) is 12.6. The molecule has 188 valence electrons. The molecular formula is C29H31Cl2N3O2. The van der Waals surface area contributed by atoms with Crippen molar-refractivity contribution in [2.45, 2.75) is 53.5 Å². The number of benzene rings is 2. The summed E-state index contributed by atoms with van der Waals surface area (Å²) in [5, 5.41) is 4.49. The van der Waals surface area contributed by atoms with Crippen LogP contribution >= 0.6 is 23.2 Å². The summed E-state index contributed by atoms with van der Waals surface area (Å²) < 4.78 is 7.73. The van der Waals surface area contributed by atoms with Crippen molar-refractivity contribution in [3.8, 4) is 17.0 Å². The van der Waals surface area contributed by atoms with Gasteiger partial charge >= 0.3 is 5.97 Å². The molecule has 4 rings (SSSR count). The van der Waals surface area contributed by atoms with Gasteiger partial charge < -0.3 is 10.1 Å². The molecule has 0 aliphatic rings. The minimum Gasteiger partial charge on any atom is -0.423 e. The lowest BCUT2D eigenvalue weighted by molar-refractivity contribution is 0.0735. The summed E-state index contributed by atoms with van der Waals surface area (Å²) in [7, 11) is 0. The third-order valence-electron chi connectivity index (χ3n) is 5.63. The van der Waals surface area contributed by atoms with Crippen LogP contribution in [0.5, 0.6) is 5.75 Å². The lowest BCUT2D eigenvalue weighted by atomic mass is 9.82. The maximum absolute atomic E-state index is 12.8. The van der Waals surface area contributed by atoms with Gasteiger partial charge in [0.05, 0.1) is 5.56 Å². The molecule has 2 heterocycles. The van der Waals surface area contributed by atoms with Crippen LogP contribution in [0.15, 0.2) is 60.8 Å². The summed E-state index contributed by atoms with van der Waals surface area (Å²) in [5.74, 6) is 0.762. The molecule has 0 fully saturated rings. The molecule has 0 aliphatic heterocycles. The molecule has 2 aromatic heterocycles. The van der Waals surface area contributed by atoms with Crippen molar-refractivity contribution in [2.75, 3.05) is 5.32 Å². The summed E-state index contributed by atoms with van der Waals surface area (Å²) >= 11 is 12.1. The molecule has 36 heavy (non-hydrogen) atoms. The monoisotopic (exact) mass is 523 g/mol. The van der Waals surface area contributed by atoms with E-state index in [4.69, 9.17) is 32.9 Å². The van der Waals surface area contributed by atoms with Crippen molar-refractivity contribution in [1.29, 1.82) is 0 Å². The molecule has 0 radical (unpaired) electrons. The van der Waals surface area contributed by atoms with Crippen LogP contribution in [0.1, 0.15) is 57.0 Å². The van der Waals surface area contributed by atoms with E-state index in [9.17, 15) is 4.79 Å². The van der Waals surface area contributed by atoms with Gasteiger partial charge in [0.2, 0.25) is 0 Å². The van der Waals surface area contributed by atoms with Gasteiger partial charge in [0.25, 0.3) is 0 Å². The van der Waals surface area contributed by atoms with Gasteiger partial charge in [-0.25, -0.2) is 9.78 Å². The molecule has 7 heteroatoms. The van der Waals surface area contributed by atoms with Crippen LogP contribution in [0.25, 0.3) is 16.9 Å². The second-order valence-electron chi connectivity index (χ2n) is 11.1. The fourth-order valence-electron chi connectivity index (χ4n) is 4.70. The van der Waals surface area contributed by atoms with E-state index in [2.05, 4.69) is 56.5 Å². The maximum atomic E-state index is 12.8. The number of imidazole rings is 1. The van der Waals surface area contributed by atoms with Crippen LogP contribution in [0.2, 0.25) is 10.0 Å². The van der Waals surface area contributed by atoms with Gasteiger partial charge in [0, 0.05) is 27.3 Å². The highest BCUT2D eigenvalue weighted by molar-refractivity contribution is 6.35. The van der Waals surface area contributed by atoms with Gasteiger partial charge in [-0.1, -0.05) is 56.1 Å². The first-order valence-electron chi connectivity index (χ1n) is 11.9. The zero-order chi connectivity index (χ0) is 26.3. The number of aromatic nitrogens is 2. The Balaban J connectivity index is 1.72. The summed E-state index contributed by atoms with van der Waals surface area (Å²) in [6.07, 6.45) is 2.99. The molecule has 0 saturated heterocycles. The zero-order valence-electron chi connectivity index (χ0n) is 21.4. The highest BCUT2D eigenvalue weighted by Gasteiger charge is 2.28. The number of rotatable bonds is 6. The number of ether oxygens (including phenoxy) is 1. The number of anilines is 1. The zero-order valence-corrected chi connectivity index (χ0v) is 23.0. The lowest BCUT2D eigenvalue weighted by Gasteiger charge is -2.34. The number of nitrogens with zero attached hydrogens (tertiary/aromatic N) is 2. The van der Waals surface area contributed by atoms with Crippen LogP contribution < -0.4 is 10.1 Å². The number of carbonyl (C=O) groups excluding carboxylic acids is 1. The SMILES string of the molecule is Cc1ccn2c(NC(C)(C)CC(C)(C)C)c(-c3cccc(OC(=O)c4cc(Cl)cc(Cl)c4)c3)nc2c1. The third kappa shape index (κ3) is 6.21. The van der Waals surface area contributed by atoms with Crippen molar-refractivity contribution < 1.29 is 9.53 Å². The lowest BCUT2D eigenvalue weighted by Crippen LogP contribution is -2.36. The highest BCUT2D eigenvalue weighted by atomic mass is 35.5. The number of carbonyl (C=O) groups is 1. The Hall–Kier alpha value is -3.02. The van der Waals surface area contributed by atoms with Gasteiger partial charge in [-0.05, 0) is 80.6 Å². The Morgan fingerprint density at radius 3 is 2.36 bits per heavy atom. The second-order valence-corrected chi connectivity index (χ2v) is 11.9. The van der Waals surface area contributed by atoms with Crippen molar-refractivity contribution >= 4 is 40.6 Å². The van der Waals surface area contributed by atoms with E-state index in [1.807, 2.05) is 31.3 Å². The van der Waals surface area contributed by atoms with Crippen molar-refractivity contribution in [2.24, 2.45) is 5.41 Å². The highest BCUT2D eigenvalue weighted by Crippen LogP contribution is 2.36. The molecule has 0 bridgehead atoms. The second kappa shape index (κ2) is 9.79. The Kier molecular flexibility index (Phi) is 7.09. The van der Waals surface area contributed by atoms with Crippen LogP contribution in [-0.2, 0) is 0 Å². The summed E-state index contributed by atoms with van der Waals surface area (Å²) in [6.45, 7) is 13.2. The van der Waals surface area contributed by atoms with Crippen LogP contribution in [0.4, 0.5) is 5.82 Å². The van der Waals surface area contributed by atoms with Gasteiger partial charge in [-0.2, -0.15) is 0 Å². The molecule has 0 amide bonds. The van der Waals surface area contributed by atoms with E-state index in [0.29, 0.717) is 15.8 Å². The van der Waals surface area contributed by atoms with E-state index < -0.39 is 5.97 Å². The number of fused-ring (bicyclic) bond motifs is 1. The van der Waals surface area contributed by atoms with E-state index in [0.717, 1.165) is 34.7 Å². The number of pyridine rings is 1. The predicted octanol–water partition coefficient (Wildman–Crippen LogP) is 8.46. The third-order valence-corrected chi connectivity index (χ3v) is 6.06. The molecule has 0 spiro atoms. The number of hydrogen-bond donors (Lipinski definition) is 1. The average Bonchev–Trinajstić information content (AvgIpc) is 3.08. The standard InChI is InChI=1S/C29H31Cl2N3O2/c1-18-10-11-34-24(12-18)32-25(26(34)33-29(5,6)17-28(2,3)4)19-8-7-9-23(15-19)36-27(35)20-13-21(30)16-22(31)14-20/h7-16,33H,17H2,1-6H3. The first-order chi connectivity index (χ1) is 16.8. The average molecular weight is 524 g/mol. The van der Waals surface area contributed by atoms with Crippen molar-refractivity contribution in [3.05, 3.63) is 82.0 Å². The largest absolute Gasteiger partial charge is 0.423 e. The van der Waals surface area contributed by atoms with E-state index >= 15 is 0 Å². The summed E-state index contributed by atoms with van der Waals surface area (Å²) in [6, 6.07) is 16.1. The fourth-order valence-corrected chi connectivity index (χ4v) is 5.23. The molecule has 1 N–H and O–H groups in total. The molecule has 0 atom stereocenters. The molecule has 0 aliphatic carbocycles. The smallest absolute Gasteiger partial charge is 0.343 e. The van der Waals surface area contributed by atoms with Crippen LogP contribution in [0.3, 0.4) is 0 Å². The quantitative estimate of drug-likeness (QED) is 0.203. The summed E-state index contributed by atoms with van der Waals surface area (Å²) in [5.41, 5.74) is 3.82. The Labute approximate surface area is 222 Å². The van der Waals surface area contributed by atoms with E-state index in [1.54, 1.807) is 12.1 Å². The molecule has 0 unspecified atom stereocenters. The van der Waals surface area contributed by atoms with Gasteiger partial charge in [0.15, 0.2) is 0 Å². The van der Waals surface area contributed by atoms with Gasteiger partial charge in [-0.15, -0.1) is 0 Å². The Bertz CT molecular complexity index is 1410. The van der Waals surface area contributed by atoms with Crippen LogP contribution in [-0.4, -0.2) is 20.9 Å². The molecule has 4 aromatic rings. The number of halogens is 2. The number of hydrogen-bond acceptors (Lipinski definition) is 4. The topological polar surface area (TPSA) is 55.6 Å². The fraction of sp³-hybridized carbons (Fsp3) is 0.310. The molecule has 5 nitrogen and oxygen atoms in total. The van der Waals surface area contributed by atoms with Gasteiger partial charge in [0.1, 0.15) is 22.9 Å². The van der Waals surface area contributed by atoms with Crippen molar-refractivity contribution in [3.63, 3.8) is 0 Å². The number of nitrogens with one attached hydrogen (secondary N) is 1. The summed E-state index contributed by atoms with van der Waals surface area (Å²) in [4.78, 5) is 17.7.